The second kappa shape index (κ2) is 0.823. The SMILES string of the molecule is CC1(O)CC1(F)F. The van der Waals surface area contributed by atoms with Crippen LogP contribution in [0.25, 0.3) is 0 Å². The first-order valence-corrected chi connectivity index (χ1v) is 2.06. The van der Waals surface area contributed by atoms with Gasteiger partial charge in [0.05, 0.1) is 0 Å². The lowest BCUT2D eigenvalue weighted by molar-refractivity contribution is 0.00607. The normalized spacial score (nSPS) is 46.3. The summed E-state index contributed by atoms with van der Waals surface area (Å²) in [5.74, 6) is -2.80. The molecule has 42 valence electrons. The first kappa shape index (κ1) is 4.97. The number of halogens is 2. The van der Waals surface area contributed by atoms with E-state index in [1.807, 2.05) is 0 Å². The Bertz CT molecular complexity index is 85.9. The molecule has 0 aromatic carbocycles. The van der Waals surface area contributed by atoms with Crippen LogP contribution in [0.15, 0.2) is 0 Å². The molecule has 0 bridgehead atoms. The molecule has 0 amide bonds. The molecule has 0 spiro atoms. The summed E-state index contributed by atoms with van der Waals surface area (Å²) in [6.07, 6.45) is -0.375. The molecule has 0 aromatic rings. The second-order valence-corrected chi connectivity index (χ2v) is 2.16. The molecular weight excluding hydrogens is 102 g/mol. The second-order valence-electron chi connectivity index (χ2n) is 2.16. The summed E-state index contributed by atoms with van der Waals surface area (Å²) in [6.45, 7) is 1.13. The number of hydrogen-bond acceptors (Lipinski definition) is 1. The van der Waals surface area contributed by atoms with Crippen molar-refractivity contribution in [3.63, 3.8) is 0 Å². The van der Waals surface area contributed by atoms with Crippen LogP contribution in [-0.2, 0) is 0 Å². The van der Waals surface area contributed by atoms with Crippen LogP contribution in [0.3, 0.4) is 0 Å². The lowest BCUT2D eigenvalue weighted by atomic mass is 10.4. The van der Waals surface area contributed by atoms with Gasteiger partial charge >= 0.3 is 0 Å². The van der Waals surface area contributed by atoms with Crippen LogP contribution in [0, 0.1) is 0 Å². The molecule has 1 rings (SSSR count). The van der Waals surface area contributed by atoms with E-state index in [-0.39, 0.29) is 6.42 Å². The predicted molar refractivity (Wildman–Crippen MR) is 20.2 cm³/mol. The van der Waals surface area contributed by atoms with Crippen molar-refractivity contribution in [1.82, 2.24) is 0 Å². The summed E-state index contributed by atoms with van der Waals surface area (Å²) in [5, 5.41) is 8.41. The number of aliphatic hydroxyl groups is 1. The molecule has 1 atom stereocenters. The van der Waals surface area contributed by atoms with Crippen molar-refractivity contribution >= 4 is 0 Å². The highest BCUT2D eigenvalue weighted by molar-refractivity contribution is 5.08. The van der Waals surface area contributed by atoms with Gasteiger partial charge in [-0.25, -0.2) is 8.78 Å². The van der Waals surface area contributed by atoms with Gasteiger partial charge in [0.2, 0.25) is 0 Å². The van der Waals surface area contributed by atoms with Crippen molar-refractivity contribution in [3.8, 4) is 0 Å². The van der Waals surface area contributed by atoms with Crippen molar-refractivity contribution in [3.05, 3.63) is 0 Å². The Morgan fingerprint density at radius 2 is 1.71 bits per heavy atom. The van der Waals surface area contributed by atoms with E-state index in [0.29, 0.717) is 0 Å². The molecule has 0 radical (unpaired) electrons. The molecule has 3 heteroatoms. The molecule has 1 aliphatic carbocycles. The summed E-state index contributed by atoms with van der Waals surface area (Å²) < 4.78 is 23.3. The van der Waals surface area contributed by atoms with Crippen LogP contribution in [0.5, 0.6) is 0 Å². The first-order chi connectivity index (χ1) is 2.96. The Morgan fingerprint density at radius 1 is 1.57 bits per heavy atom. The Balaban J connectivity index is 2.59. The zero-order valence-electron chi connectivity index (χ0n) is 3.91. The van der Waals surface area contributed by atoms with E-state index >= 15 is 0 Å². The van der Waals surface area contributed by atoms with Crippen molar-refractivity contribution in [2.24, 2.45) is 0 Å². The highest BCUT2D eigenvalue weighted by atomic mass is 19.3. The van der Waals surface area contributed by atoms with E-state index in [1.54, 1.807) is 0 Å². The third kappa shape index (κ3) is 0.517. The van der Waals surface area contributed by atoms with Crippen LogP contribution in [-0.4, -0.2) is 16.6 Å². The maximum Gasteiger partial charge on any atom is 0.279 e. The van der Waals surface area contributed by atoms with E-state index in [9.17, 15) is 8.78 Å². The fraction of sp³-hybridized carbons (Fsp3) is 1.00. The largest absolute Gasteiger partial charge is 0.384 e. The van der Waals surface area contributed by atoms with Gasteiger partial charge < -0.3 is 5.11 Å². The Kier molecular flexibility index (Phi) is 0.584. The van der Waals surface area contributed by atoms with Gasteiger partial charge in [0.15, 0.2) is 0 Å². The molecule has 1 N–H and O–H groups in total. The van der Waals surface area contributed by atoms with Gasteiger partial charge in [0.25, 0.3) is 5.92 Å². The maximum absolute atomic E-state index is 11.7. The lowest BCUT2D eigenvalue weighted by Gasteiger charge is -1.95. The molecule has 1 saturated carbocycles. The third-order valence-corrected chi connectivity index (χ3v) is 1.23. The number of alkyl halides is 2. The standard InChI is InChI=1S/C4H6F2O/c1-3(7)2-4(3,5)6/h7H,2H2,1H3. The average molecular weight is 108 g/mol. The topological polar surface area (TPSA) is 20.2 Å². The van der Waals surface area contributed by atoms with E-state index in [1.165, 1.54) is 0 Å². The molecule has 1 unspecified atom stereocenters. The molecule has 1 fully saturated rings. The van der Waals surface area contributed by atoms with Gasteiger partial charge in [-0.2, -0.15) is 0 Å². The minimum absolute atomic E-state index is 0.375. The molecule has 0 aromatic heterocycles. The van der Waals surface area contributed by atoms with E-state index < -0.39 is 11.5 Å². The summed E-state index contributed by atoms with van der Waals surface area (Å²) in [6, 6.07) is 0. The van der Waals surface area contributed by atoms with E-state index in [2.05, 4.69) is 0 Å². The first-order valence-electron chi connectivity index (χ1n) is 2.06. The fourth-order valence-electron chi connectivity index (χ4n) is 0.388. The highest BCUT2D eigenvalue weighted by Crippen LogP contribution is 2.51. The van der Waals surface area contributed by atoms with Crippen molar-refractivity contribution in [2.45, 2.75) is 24.9 Å². The average Bonchev–Trinajstić information content (AvgIpc) is 1.63. The Hall–Kier alpha value is -0.180. The van der Waals surface area contributed by atoms with Crippen molar-refractivity contribution in [2.75, 3.05) is 0 Å². The van der Waals surface area contributed by atoms with Gasteiger partial charge in [-0.3, -0.25) is 0 Å². The Labute approximate surface area is 40.0 Å². The van der Waals surface area contributed by atoms with Gasteiger partial charge in [-0.1, -0.05) is 0 Å². The van der Waals surface area contributed by atoms with Crippen LogP contribution >= 0.6 is 0 Å². The zero-order chi connectivity index (χ0) is 5.71. The number of rotatable bonds is 0. The number of hydrogen-bond donors (Lipinski definition) is 1. The van der Waals surface area contributed by atoms with Crippen molar-refractivity contribution in [1.29, 1.82) is 0 Å². The minimum Gasteiger partial charge on any atom is -0.384 e. The van der Waals surface area contributed by atoms with E-state index in [4.69, 9.17) is 5.11 Å². The predicted octanol–water partition coefficient (Wildman–Crippen LogP) is 0.776. The molecule has 1 aliphatic rings. The highest BCUT2D eigenvalue weighted by Gasteiger charge is 2.67. The van der Waals surface area contributed by atoms with E-state index in [0.717, 1.165) is 6.92 Å². The van der Waals surface area contributed by atoms with Gasteiger partial charge in [0, 0.05) is 6.42 Å². The third-order valence-electron chi connectivity index (χ3n) is 1.23. The smallest absolute Gasteiger partial charge is 0.279 e. The van der Waals surface area contributed by atoms with Gasteiger partial charge in [-0.05, 0) is 6.92 Å². The van der Waals surface area contributed by atoms with Crippen LogP contribution in [0.2, 0.25) is 0 Å². The van der Waals surface area contributed by atoms with Crippen LogP contribution in [0.4, 0.5) is 8.78 Å². The fourth-order valence-corrected chi connectivity index (χ4v) is 0.388. The molecule has 0 heterocycles. The molecular formula is C4H6F2O. The molecule has 1 nitrogen and oxygen atoms in total. The minimum atomic E-state index is -2.80. The molecule has 0 aliphatic heterocycles. The van der Waals surface area contributed by atoms with Gasteiger partial charge in [0.1, 0.15) is 5.60 Å². The molecule has 0 saturated heterocycles. The summed E-state index contributed by atoms with van der Waals surface area (Å²) >= 11 is 0. The Morgan fingerprint density at radius 3 is 1.71 bits per heavy atom. The van der Waals surface area contributed by atoms with Gasteiger partial charge in [-0.15, -0.1) is 0 Å². The van der Waals surface area contributed by atoms with Crippen LogP contribution in [0.1, 0.15) is 13.3 Å². The summed E-state index contributed by atoms with van der Waals surface area (Å²) in [7, 11) is 0. The summed E-state index contributed by atoms with van der Waals surface area (Å²) in [5.41, 5.74) is -1.69. The molecule has 7 heavy (non-hydrogen) atoms. The zero-order valence-corrected chi connectivity index (χ0v) is 3.91. The van der Waals surface area contributed by atoms with Crippen molar-refractivity contribution < 1.29 is 13.9 Å². The summed E-state index contributed by atoms with van der Waals surface area (Å²) in [4.78, 5) is 0. The lowest BCUT2D eigenvalue weighted by Crippen LogP contribution is -2.11. The maximum atomic E-state index is 11.7. The monoisotopic (exact) mass is 108 g/mol. The quantitative estimate of drug-likeness (QED) is 0.486. The van der Waals surface area contributed by atoms with Crippen LogP contribution < -0.4 is 0 Å².